The Balaban J connectivity index is 2.08. The van der Waals surface area contributed by atoms with Crippen LogP contribution >= 0.6 is 0 Å². The van der Waals surface area contributed by atoms with Crippen molar-refractivity contribution in [3.63, 3.8) is 0 Å². The zero-order valence-electron chi connectivity index (χ0n) is 9.15. The van der Waals surface area contributed by atoms with Crippen LogP contribution in [0.5, 0.6) is 0 Å². The zero-order chi connectivity index (χ0) is 10.7. The van der Waals surface area contributed by atoms with E-state index in [0.717, 1.165) is 31.6 Å². The molecule has 1 aromatic rings. The Morgan fingerprint density at radius 2 is 1.80 bits per heavy atom. The number of rotatable bonds is 2. The van der Waals surface area contributed by atoms with E-state index in [0.29, 0.717) is 5.92 Å². The van der Waals surface area contributed by atoms with Crippen LogP contribution in [0, 0.1) is 0 Å². The third kappa shape index (κ3) is 2.58. The molecule has 0 saturated carbocycles. The first-order chi connectivity index (χ1) is 7.27. The van der Waals surface area contributed by atoms with Crippen LogP contribution in [0.2, 0.25) is 0 Å². The van der Waals surface area contributed by atoms with Crippen LogP contribution in [-0.4, -0.2) is 18.3 Å². The lowest BCUT2D eigenvalue weighted by molar-refractivity contribution is 0.0853. The Morgan fingerprint density at radius 3 is 2.33 bits per heavy atom. The van der Waals surface area contributed by atoms with Crippen molar-refractivity contribution in [3.05, 3.63) is 35.4 Å². The van der Waals surface area contributed by atoms with Crippen LogP contribution < -0.4 is 0 Å². The monoisotopic (exact) mass is 206 g/mol. The van der Waals surface area contributed by atoms with E-state index >= 15 is 0 Å². The molecule has 1 saturated heterocycles. The fraction of sp³-hybridized carbons (Fsp3) is 0.538. The van der Waals surface area contributed by atoms with E-state index in [-0.39, 0.29) is 6.10 Å². The molecule has 0 spiro atoms. The number of ether oxygens (including phenoxy) is 1. The highest BCUT2D eigenvalue weighted by molar-refractivity contribution is 5.26. The first-order valence-electron chi connectivity index (χ1n) is 5.63. The summed E-state index contributed by atoms with van der Waals surface area (Å²) in [6.45, 7) is 3.55. The average Bonchev–Trinajstić information content (AvgIpc) is 2.30. The summed E-state index contributed by atoms with van der Waals surface area (Å²) in [5.41, 5.74) is 2.37. The number of benzene rings is 1. The smallest absolute Gasteiger partial charge is 0.0761 e. The molecule has 1 aliphatic rings. The van der Waals surface area contributed by atoms with E-state index in [1.54, 1.807) is 6.92 Å². The van der Waals surface area contributed by atoms with Crippen molar-refractivity contribution < 1.29 is 9.84 Å². The molecule has 1 N–H and O–H groups in total. The standard InChI is InChI=1S/C13H18O2/c1-10(14)11-2-4-12(5-3-11)13-6-8-15-9-7-13/h2-5,10,13-14H,6-9H2,1H3. The van der Waals surface area contributed by atoms with Crippen LogP contribution in [-0.2, 0) is 4.74 Å². The van der Waals surface area contributed by atoms with Crippen molar-refractivity contribution in [2.45, 2.75) is 31.8 Å². The average molecular weight is 206 g/mol. The molecule has 0 aliphatic carbocycles. The molecule has 1 fully saturated rings. The summed E-state index contributed by atoms with van der Waals surface area (Å²) < 4.78 is 5.34. The molecule has 1 aromatic carbocycles. The van der Waals surface area contributed by atoms with Gasteiger partial charge in [0.2, 0.25) is 0 Å². The van der Waals surface area contributed by atoms with Crippen LogP contribution in [0.4, 0.5) is 0 Å². The van der Waals surface area contributed by atoms with Gasteiger partial charge in [0.05, 0.1) is 6.10 Å². The minimum absolute atomic E-state index is 0.367. The molecule has 1 heterocycles. The van der Waals surface area contributed by atoms with E-state index in [4.69, 9.17) is 4.74 Å². The van der Waals surface area contributed by atoms with Gasteiger partial charge >= 0.3 is 0 Å². The molecule has 1 aliphatic heterocycles. The SMILES string of the molecule is CC(O)c1ccc(C2CCOCC2)cc1. The highest BCUT2D eigenvalue weighted by Crippen LogP contribution is 2.27. The van der Waals surface area contributed by atoms with Crippen molar-refractivity contribution in [1.29, 1.82) is 0 Å². The minimum Gasteiger partial charge on any atom is -0.389 e. The molecular weight excluding hydrogens is 188 g/mol. The lowest BCUT2D eigenvalue weighted by atomic mass is 9.91. The number of hydrogen-bond donors (Lipinski definition) is 1. The van der Waals surface area contributed by atoms with Gasteiger partial charge in [-0.1, -0.05) is 24.3 Å². The predicted octanol–water partition coefficient (Wildman–Crippen LogP) is 2.63. The van der Waals surface area contributed by atoms with Gasteiger partial charge in [-0.15, -0.1) is 0 Å². The summed E-state index contributed by atoms with van der Waals surface area (Å²) in [5, 5.41) is 9.40. The number of aliphatic hydroxyl groups excluding tert-OH is 1. The molecule has 1 atom stereocenters. The van der Waals surface area contributed by atoms with E-state index in [2.05, 4.69) is 12.1 Å². The zero-order valence-corrected chi connectivity index (χ0v) is 9.15. The van der Waals surface area contributed by atoms with Gasteiger partial charge in [-0.3, -0.25) is 0 Å². The van der Waals surface area contributed by atoms with E-state index in [9.17, 15) is 5.11 Å². The third-order valence-electron chi connectivity index (χ3n) is 3.11. The van der Waals surface area contributed by atoms with Gasteiger partial charge in [-0.25, -0.2) is 0 Å². The molecule has 0 bridgehead atoms. The van der Waals surface area contributed by atoms with Gasteiger partial charge < -0.3 is 9.84 Å². The van der Waals surface area contributed by atoms with Crippen molar-refractivity contribution in [2.75, 3.05) is 13.2 Å². The largest absolute Gasteiger partial charge is 0.389 e. The Bertz CT molecular complexity index is 297. The van der Waals surface area contributed by atoms with Gasteiger partial charge in [-0.05, 0) is 36.8 Å². The fourth-order valence-electron chi connectivity index (χ4n) is 2.08. The van der Waals surface area contributed by atoms with Crippen LogP contribution in [0.15, 0.2) is 24.3 Å². The summed E-state index contributed by atoms with van der Waals surface area (Å²) >= 11 is 0. The number of aliphatic hydroxyl groups is 1. The molecule has 82 valence electrons. The number of hydrogen-bond acceptors (Lipinski definition) is 2. The molecule has 2 rings (SSSR count). The van der Waals surface area contributed by atoms with Crippen molar-refractivity contribution in [2.24, 2.45) is 0 Å². The van der Waals surface area contributed by atoms with Gasteiger partial charge in [0.1, 0.15) is 0 Å². The van der Waals surface area contributed by atoms with Crippen LogP contribution in [0.3, 0.4) is 0 Å². The lowest BCUT2D eigenvalue weighted by Gasteiger charge is -2.22. The van der Waals surface area contributed by atoms with Crippen molar-refractivity contribution in [1.82, 2.24) is 0 Å². The maximum absolute atomic E-state index is 9.40. The Labute approximate surface area is 90.9 Å². The molecule has 1 unspecified atom stereocenters. The quantitative estimate of drug-likeness (QED) is 0.806. The van der Waals surface area contributed by atoms with Crippen molar-refractivity contribution in [3.8, 4) is 0 Å². The van der Waals surface area contributed by atoms with E-state index < -0.39 is 0 Å². The molecule has 2 heteroatoms. The molecule has 0 aromatic heterocycles. The molecule has 2 nitrogen and oxygen atoms in total. The van der Waals surface area contributed by atoms with Crippen molar-refractivity contribution >= 4 is 0 Å². The normalized spacial score (nSPS) is 20.1. The molecule has 0 radical (unpaired) electrons. The molecular formula is C13H18O2. The summed E-state index contributed by atoms with van der Waals surface area (Å²) in [5.74, 6) is 0.641. The van der Waals surface area contributed by atoms with Gasteiger partial charge in [0.15, 0.2) is 0 Å². The fourth-order valence-corrected chi connectivity index (χ4v) is 2.08. The van der Waals surface area contributed by atoms with E-state index in [1.165, 1.54) is 5.56 Å². The Kier molecular flexibility index (Phi) is 3.39. The van der Waals surface area contributed by atoms with E-state index in [1.807, 2.05) is 12.1 Å². The highest BCUT2D eigenvalue weighted by atomic mass is 16.5. The second-order valence-electron chi connectivity index (χ2n) is 4.23. The first kappa shape index (κ1) is 10.7. The maximum atomic E-state index is 9.40. The third-order valence-corrected chi connectivity index (χ3v) is 3.11. The van der Waals surface area contributed by atoms with Gasteiger partial charge in [0, 0.05) is 13.2 Å². The summed E-state index contributed by atoms with van der Waals surface area (Å²) in [4.78, 5) is 0. The van der Waals surface area contributed by atoms with Gasteiger partial charge in [-0.2, -0.15) is 0 Å². The Morgan fingerprint density at radius 1 is 1.20 bits per heavy atom. The summed E-state index contributed by atoms with van der Waals surface area (Å²) in [6.07, 6.45) is 1.87. The Hall–Kier alpha value is -0.860. The van der Waals surface area contributed by atoms with Crippen LogP contribution in [0.25, 0.3) is 0 Å². The van der Waals surface area contributed by atoms with Crippen LogP contribution in [0.1, 0.15) is 42.9 Å². The predicted molar refractivity (Wildman–Crippen MR) is 59.9 cm³/mol. The minimum atomic E-state index is -0.367. The topological polar surface area (TPSA) is 29.5 Å². The molecule has 15 heavy (non-hydrogen) atoms. The second kappa shape index (κ2) is 4.77. The summed E-state index contributed by atoms with van der Waals surface area (Å²) in [7, 11) is 0. The maximum Gasteiger partial charge on any atom is 0.0761 e. The highest BCUT2D eigenvalue weighted by Gasteiger charge is 2.15. The first-order valence-corrected chi connectivity index (χ1v) is 5.63. The second-order valence-corrected chi connectivity index (χ2v) is 4.23. The molecule has 0 amide bonds. The lowest BCUT2D eigenvalue weighted by Crippen LogP contribution is -2.14. The summed E-state index contributed by atoms with van der Waals surface area (Å²) in [6, 6.07) is 8.32. The van der Waals surface area contributed by atoms with Gasteiger partial charge in [0.25, 0.3) is 0 Å².